The van der Waals surface area contributed by atoms with Crippen molar-refractivity contribution in [3.05, 3.63) is 95.6 Å². The van der Waals surface area contributed by atoms with E-state index in [1.807, 2.05) is 30.3 Å². The second-order valence-electron chi connectivity index (χ2n) is 9.00. The molecule has 0 spiro atoms. The number of pyridine rings is 1. The Balaban J connectivity index is 1.28. The number of ether oxygens (including phenoxy) is 1. The highest BCUT2D eigenvalue weighted by Crippen LogP contribution is 2.32. The highest BCUT2D eigenvalue weighted by molar-refractivity contribution is 5.95. The zero-order chi connectivity index (χ0) is 25.8. The SMILES string of the molecule is COc1ccc(C(=O)NNC(=O)CCCc2c(-c3ccc4ccccc4n3)[nH]c3ccc(C)cc23)cc1. The lowest BCUT2D eigenvalue weighted by Gasteiger charge is -2.09. The highest BCUT2D eigenvalue weighted by atomic mass is 16.5. The van der Waals surface area contributed by atoms with Crippen molar-refractivity contribution in [1.29, 1.82) is 0 Å². The van der Waals surface area contributed by atoms with Gasteiger partial charge in [0.25, 0.3) is 5.91 Å². The fourth-order valence-corrected chi connectivity index (χ4v) is 4.47. The Morgan fingerprint density at radius 2 is 1.76 bits per heavy atom. The van der Waals surface area contributed by atoms with Crippen LogP contribution in [0.1, 0.15) is 34.3 Å². The first-order valence-corrected chi connectivity index (χ1v) is 12.2. The number of aromatic nitrogens is 2. The van der Waals surface area contributed by atoms with E-state index < -0.39 is 0 Å². The van der Waals surface area contributed by atoms with Crippen LogP contribution in [0.25, 0.3) is 33.2 Å². The second-order valence-corrected chi connectivity index (χ2v) is 9.00. The lowest BCUT2D eigenvalue weighted by Crippen LogP contribution is -2.41. The van der Waals surface area contributed by atoms with Crippen LogP contribution in [0.5, 0.6) is 5.75 Å². The molecule has 0 aliphatic rings. The van der Waals surface area contributed by atoms with Crippen LogP contribution in [-0.4, -0.2) is 28.9 Å². The van der Waals surface area contributed by atoms with Gasteiger partial charge in [0.1, 0.15) is 5.75 Å². The molecule has 3 N–H and O–H groups in total. The first-order valence-electron chi connectivity index (χ1n) is 12.2. The average Bonchev–Trinajstić information content (AvgIpc) is 3.29. The molecule has 7 heteroatoms. The molecule has 0 bridgehead atoms. The number of nitrogens with one attached hydrogen (secondary N) is 3. The number of hydrogen-bond donors (Lipinski definition) is 3. The molecule has 0 aliphatic carbocycles. The third-order valence-electron chi connectivity index (χ3n) is 6.41. The van der Waals surface area contributed by atoms with Crippen molar-refractivity contribution in [2.75, 3.05) is 7.11 Å². The Morgan fingerprint density at radius 1 is 0.946 bits per heavy atom. The molecule has 0 aliphatic heterocycles. The van der Waals surface area contributed by atoms with Crippen molar-refractivity contribution < 1.29 is 14.3 Å². The number of amides is 2. The number of aryl methyl sites for hydroxylation is 2. The van der Waals surface area contributed by atoms with E-state index in [0.717, 1.165) is 38.8 Å². The number of carbonyl (C=O) groups is 2. The minimum Gasteiger partial charge on any atom is -0.497 e. The molecule has 0 radical (unpaired) electrons. The van der Waals surface area contributed by atoms with Crippen LogP contribution in [0.3, 0.4) is 0 Å². The van der Waals surface area contributed by atoms with Gasteiger partial charge in [-0.05, 0) is 73.9 Å². The van der Waals surface area contributed by atoms with Crippen LogP contribution in [0.2, 0.25) is 0 Å². The topological polar surface area (TPSA) is 96.1 Å². The summed E-state index contributed by atoms with van der Waals surface area (Å²) in [6.07, 6.45) is 1.57. The van der Waals surface area contributed by atoms with E-state index in [1.165, 1.54) is 5.56 Å². The van der Waals surface area contributed by atoms with E-state index in [9.17, 15) is 9.59 Å². The van der Waals surface area contributed by atoms with E-state index >= 15 is 0 Å². The van der Waals surface area contributed by atoms with Crippen LogP contribution < -0.4 is 15.6 Å². The third kappa shape index (κ3) is 5.30. The number of H-pyrrole nitrogens is 1. The summed E-state index contributed by atoms with van der Waals surface area (Å²) in [5.41, 5.74) is 11.6. The van der Waals surface area contributed by atoms with Crippen molar-refractivity contribution in [2.24, 2.45) is 0 Å². The molecular formula is C30H28N4O3. The van der Waals surface area contributed by atoms with Gasteiger partial charge < -0.3 is 9.72 Å². The molecule has 3 aromatic carbocycles. The number of fused-ring (bicyclic) bond motifs is 2. The smallest absolute Gasteiger partial charge is 0.269 e. The molecule has 2 amide bonds. The molecule has 5 aromatic rings. The Labute approximate surface area is 214 Å². The Morgan fingerprint density at radius 3 is 2.57 bits per heavy atom. The number of carbonyl (C=O) groups excluding carboxylic acids is 2. The molecule has 0 saturated carbocycles. The van der Waals surface area contributed by atoms with E-state index in [4.69, 9.17) is 9.72 Å². The summed E-state index contributed by atoms with van der Waals surface area (Å²) in [6, 6.07) is 25.2. The minimum absolute atomic E-state index is 0.247. The first-order chi connectivity index (χ1) is 18.0. The summed E-state index contributed by atoms with van der Waals surface area (Å²) >= 11 is 0. The van der Waals surface area contributed by atoms with Gasteiger partial charge in [-0.2, -0.15) is 0 Å². The van der Waals surface area contributed by atoms with Gasteiger partial charge in [-0.1, -0.05) is 35.9 Å². The van der Waals surface area contributed by atoms with Gasteiger partial charge in [0, 0.05) is 28.3 Å². The molecule has 2 aromatic heterocycles. The zero-order valence-corrected chi connectivity index (χ0v) is 20.8. The van der Waals surface area contributed by atoms with Crippen molar-refractivity contribution in [2.45, 2.75) is 26.2 Å². The maximum absolute atomic E-state index is 12.5. The molecule has 0 saturated heterocycles. The maximum atomic E-state index is 12.5. The van der Waals surface area contributed by atoms with Crippen molar-refractivity contribution >= 4 is 33.6 Å². The van der Waals surface area contributed by atoms with Crippen LogP contribution in [-0.2, 0) is 11.2 Å². The lowest BCUT2D eigenvalue weighted by atomic mass is 10.0. The van der Waals surface area contributed by atoms with Crippen molar-refractivity contribution in [3.63, 3.8) is 0 Å². The minimum atomic E-state index is -0.382. The van der Waals surface area contributed by atoms with Gasteiger partial charge in [-0.15, -0.1) is 0 Å². The standard InChI is InChI=1S/C30H28N4O3/c1-19-10-16-26-24(18-19)23(29(32-26)27-17-13-20-6-3-4-8-25(20)31-27)7-5-9-28(35)33-34-30(36)21-11-14-22(37-2)15-12-21/h3-4,6,8,10-18,32H,5,7,9H2,1-2H3,(H,33,35)(H,34,36). The lowest BCUT2D eigenvalue weighted by molar-refractivity contribution is -0.121. The highest BCUT2D eigenvalue weighted by Gasteiger charge is 2.16. The van der Waals surface area contributed by atoms with E-state index in [0.29, 0.717) is 24.2 Å². The number of benzene rings is 3. The average molecular weight is 493 g/mol. The number of aromatic amines is 1. The largest absolute Gasteiger partial charge is 0.497 e. The molecule has 0 fully saturated rings. The quantitative estimate of drug-likeness (QED) is 0.262. The van der Waals surface area contributed by atoms with Gasteiger partial charge in [-0.25, -0.2) is 4.98 Å². The van der Waals surface area contributed by atoms with Gasteiger partial charge in [-0.3, -0.25) is 20.4 Å². The van der Waals surface area contributed by atoms with Crippen molar-refractivity contribution in [3.8, 4) is 17.1 Å². The first kappa shape index (κ1) is 24.1. The molecule has 0 unspecified atom stereocenters. The fourth-order valence-electron chi connectivity index (χ4n) is 4.47. The van der Waals surface area contributed by atoms with Gasteiger partial charge >= 0.3 is 0 Å². The number of para-hydroxylation sites is 1. The van der Waals surface area contributed by atoms with Crippen LogP contribution in [0, 0.1) is 6.92 Å². The maximum Gasteiger partial charge on any atom is 0.269 e. The number of rotatable bonds is 7. The normalized spacial score (nSPS) is 11.0. The zero-order valence-electron chi connectivity index (χ0n) is 20.8. The predicted molar refractivity (Wildman–Crippen MR) is 145 cm³/mol. The Kier molecular flexibility index (Phi) is 6.85. The Hall–Kier alpha value is -4.65. The van der Waals surface area contributed by atoms with Gasteiger partial charge in [0.05, 0.1) is 24.0 Å². The number of hydrogen-bond acceptors (Lipinski definition) is 4. The second kappa shape index (κ2) is 10.5. The van der Waals surface area contributed by atoms with Crippen LogP contribution >= 0.6 is 0 Å². The van der Waals surface area contributed by atoms with Gasteiger partial charge in [0.2, 0.25) is 5.91 Å². The molecular weight excluding hydrogens is 464 g/mol. The summed E-state index contributed by atoms with van der Waals surface area (Å²) in [5.74, 6) is 0.0300. The Bertz CT molecular complexity index is 1590. The molecule has 2 heterocycles. The summed E-state index contributed by atoms with van der Waals surface area (Å²) in [6.45, 7) is 2.07. The van der Waals surface area contributed by atoms with Gasteiger partial charge in [0.15, 0.2) is 0 Å². The monoisotopic (exact) mass is 492 g/mol. The summed E-state index contributed by atoms with van der Waals surface area (Å²) < 4.78 is 5.10. The fraction of sp³-hybridized carbons (Fsp3) is 0.167. The van der Waals surface area contributed by atoms with E-state index in [1.54, 1.807) is 31.4 Å². The van der Waals surface area contributed by atoms with Crippen molar-refractivity contribution in [1.82, 2.24) is 20.8 Å². The number of methoxy groups -OCH3 is 1. The molecule has 0 atom stereocenters. The summed E-state index contributed by atoms with van der Waals surface area (Å²) in [4.78, 5) is 33.2. The third-order valence-corrected chi connectivity index (χ3v) is 6.41. The molecule has 7 nitrogen and oxygen atoms in total. The summed E-state index contributed by atoms with van der Waals surface area (Å²) in [7, 11) is 1.56. The predicted octanol–water partition coefficient (Wildman–Crippen LogP) is 5.48. The summed E-state index contributed by atoms with van der Waals surface area (Å²) in [5, 5.41) is 2.23. The van der Waals surface area contributed by atoms with E-state index in [-0.39, 0.29) is 18.2 Å². The van der Waals surface area contributed by atoms with E-state index in [2.05, 4.69) is 47.0 Å². The molecule has 5 rings (SSSR count). The van der Waals surface area contributed by atoms with Crippen LogP contribution in [0.4, 0.5) is 0 Å². The molecule has 186 valence electrons. The van der Waals surface area contributed by atoms with Crippen LogP contribution in [0.15, 0.2) is 78.9 Å². The number of hydrazine groups is 1. The number of nitrogens with zero attached hydrogens (tertiary/aromatic N) is 1. The molecule has 37 heavy (non-hydrogen) atoms.